The summed E-state index contributed by atoms with van der Waals surface area (Å²) >= 11 is 10.8. The van der Waals surface area contributed by atoms with E-state index in [1.165, 1.54) is 25.2 Å². The van der Waals surface area contributed by atoms with E-state index in [9.17, 15) is 26.4 Å². The molecule has 224 valence electrons. The van der Waals surface area contributed by atoms with Gasteiger partial charge in [0.1, 0.15) is 0 Å². The zero-order chi connectivity index (χ0) is 31.0. The van der Waals surface area contributed by atoms with Crippen molar-refractivity contribution in [3.05, 3.63) is 49.2 Å². The van der Waals surface area contributed by atoms with Crippen molar-refractivity contribution in [3.8, 4) is 17.6 Å². The van der Waals surface area contributed by atoms with E-state index in [1.54, 1.807) is 12.2 Å². The van der Waals surface area contributed by atoms with Crippen LogP contribution in [-0.4, -0.2) is 83.0 Å². The molecule has 0 unspecified atom stereocenters. The maximum absolute atomic E-state index is 13.3. The van der Waals surface area contributed by atoms with Gasteiger partial charge >= 0.3 is 6.18 Å². The van der Waals surface area contributed by atoms with Gasteiger partial charge in [0.2, 0.25) is 17.6 Å². The number of alkyl halides is 5. The molecule has 0 aliphatic rings. The zero-order valence-corrected chi connectivity index (χ0v) is 24.1. The van der Waals surface area contributed by atoms with Crippen LogP contribution in [0.3, 0.4) is 0 Å². The van der Waals surface area contributed by atoms with Crippen LogP contribution in [0, 0.1) is 0 Å². The first kappa shape index (κ1) is 33.4. The molecule has 0 saturated carbocycles. The summed E-state index contributed by atoms with van der Waals surface area (Å²) in [6.07, 6.45) is -0.981. The van der Waals surface area contributed by atoms with Gasteiger partial charge in [-0.15, -0.1) is 18.3 Å². The second kappa shape index (κ2) is 14.2. The van der Waals surface area contributed by atoms with Crippen LogP contribution in [0.1, 0.15) is 5.56 Å². The van der Waals surface area contributed by atoms with Crippen molar-refractivity contribution in [2.24, 2.45) is 0 Å². The largest absolute Gasteiger partial charge is 0.481 e. The minimum absolute atomic E-state index is 0.0970. The molecule has 0 aromatic carbocycles. The van der Waals surface area contributed by atoms with Gasteiger partial charge in [-0.05, 0) is 6.07 Å². The van der Waals surface area contributed by atoms with E-state index in [0.29, 0.717) is 19.2 Å². The number of pyridine rings is 1. The topological polar surface area (TPSA) is 150 Å². The van der Waals surface area contributed by atoms with Gasteiger partial charge < -0.3 is 19.1 Å². The Labute approximate surface area is 242 Å². The molecule has 0 aliphatic carbocycles. The molecular weight excluding hydrogens is 618 g/mol. The van der Waals surface area contributed by atoms with Gasteiger partial charge in [0.05, 0.1) is 33.0 Å². The van der Waals surface area contributed by atoms with E-state index in [1.807, 2.05) is 4.72 Å². The van der Waals surface area contributed by atoms with Crippen LogP contribution in [0.5, 0.6) is 17.6 Å². The number of hydrogen-bond donors (Lipinski definition) is 1. The number of halogens is 5. The van der Waals surface area contributed by atoms with Crippen LogP contribution in [0.2, 0.25) is 0 Å². The lowest BCUT2D eigenvalue weighted by Crippen LogP contribution is -2.35. The van der Waals surface area contributed by atoms with Crippen LogP contribution in [0.4, 0.5) is 19.1 Å². The fraction of sp³-hybridized carbons (Fsp3) is 0.318. The molecule has 3 heterocycles. The predicted molar refractivity (Wildman–Crippen MR) is 143 cm³/mol. The summed E-state index contributed by atoms with van der Waals surface area (Å²) in [6, 6.07) is 1.87. The Morgan fingerprint density at radius 3 is 2.27 bits per heavy atom. The number of sulfonamides is 1. The Kier molecular flexibility index (Phi) is 11.5. The highest BCUT2D eigenvalue weighted by Gasteiger charge is 2.40. The second-order valence-electron chi connectivity index (χ2n) is 7.41. The molecule has 0 radical (unpaired) electrons. The van der Waals surface area contributed by atoms with Crippen LogP contribution in [-0.2, 0) is 21.0 Å². The highest BCUT2D eigenvalue weighted by atomic mass is 35.5. The minimum Gasteiger partial charge on any atom is -0.481 e. The number of aromatic nitrogens is 5. The summed E-state index contributed by atoms with van der Waals surface area (Å²) in [5.41, 5.74) is -1.46. The van der Waals surface area contributed by atoms with Crippen LogP contribution in [0.25, 0.3) is 5.78 Å². The normalized spacial score (nSPS) is 11.3. The molecule has 3 aromatic rings. The van der Waals surface area contributed by atoms with E-state index in [0.717, 1.165) is 17.8 Å². The molecule has 3 rings (SSSR count). The Morgan fingerprint density at radius 2 is 1.78 bits per heavy atom. The first-order chi connectivity index (χ1) is 19.2. The maximum atomic E-state index is 13.3. The quantitative estimate of drug-likeness (QED) is 0.244. The molecule has 1 amide bonds. The molecule has 0 atom stereocenters. The number of fused-ring (bicyclic) bond motifs is 1. The van der Waals surface area contributed by atoms with Gasteiger partial charge in [0.15, 0.2) is 9.73 Å². The van der Waals surface area contributed by atoms with Crippen LogP contribution < -0.4 is 18.9 Å². The lowest BCUT2D eigenvalue weighted by atomic mass is 10.2. The number of rotatable bonds is 11. The molecular formula is C22H24Cl2F3N7O6S. The Bertz CT molecular complexity index is 1490. The Hall–Kier alpha value is -3.83. The number of methoxy groups -OCH3 is 3. The summed E-state index contributed by atoms with van der Waals surface area (Å²) in [5.74, 6) is -1.54. The molecule has 19 heteroatoms. The minimum atomic E-state index is -4.98. The molecule has 13 nitrogen and oxygen atoms in total. The number of hydrogen-bond acceptors (Lipinski definition) is 10. The Balaban J connectivity index is 0.000000415. The van der Waals surface area contributed by atoms with Crippen molar-refractivity contribution < 1.29 is 40.6 Å². The summed E-state index contributed by atoms with van der Waals surface area (Å²) < 4.78 is 83.1. The van der Waals surface area contributed by atoms with Crippen molar-refractivity contribution >= 4 is 50.9 Å². The van der Waals surface area contributed by atoms with Crippen molar-refractivity contribution in [3.63, 3.8) is 0 Å². The number of carbonyl (C=O) groups is 1. The Morgan fingerprint density at radius 1 is 1.15 bits per heavy atom. The SMILES string of the molecule is C=CCN(CC=C)C(=O)C(Cl)Cl.COc1cc(OC)n2nc(NS(=O)(=O)c3c(C(F)(F)F)ccnc3OC)nc2n1. The summed E-state index contributed by atoms with van der Waals surface area (Å²) in [5, 5.41) is 3.85. The second-order valence-corrected chi connectivity index (χ2v) is 10.1. The average Bonchev–Trinajstić information content (AvgIpc) is 3.32. The number of ether oxygens (including phenoxy) is 3. The van der Waals surface area contributed by atoms with Gasteiger partial charge in [-0.1, -0.05) is 35.4 Å². The van der Waals surface area contributed by atoms with Crippen LogP contribution in [0.15, 0.2) is 48.5 Å². The third-order valence-corrected chi connectivity index (χ3v) is 6.49. The fourth-order valence-electron chi connectivity index (χ4n) is 3.05. The summed E-state index contributed by atoms with van der Waals surface area (Å²) in [7, 11) is -1.20. The van der Waals surface area contributed by atoms with Gasteiger partial charge in [-0.3, -0.25) is 4.79 Å². The van der Waals surface area contributed by atoms with Crippen molar-refractivity contribution in [1.29, 1.82) is 0 Å². The molecule has 3 aromatic heterocycles. The monoisotopic (exact) mass is 641 g/mol. The van der Waals surface area contributed by atoms with E-state index in [2.05, 4.69) is 33.2 Å². The lowest BCUT2D eigenvalue weighted by molar-refractivity contribution is -0.140. The number of amides is 1. The highest BCUT2D eigenvalue weighted by molar-refractivity contribution is 7.92. The molecule has 41 heavy (non-hydrogen) atoms. The van der Waals surface area contributed by atoms with Crippen LogP contribution >= 0.6 is 23.2 Å². The molecule has 0 fully saturated rings. The number of nitrogens with one attached hydrogen (secondary N) is 1. The summed E-state index contributed by atoms with van der Waals surface area (Å²) in [6.45, 7) is 7.88. The lowest BCUT2D eigenvalue weighted by Gasteiger charge is -2.19. The van der Waals surface area contributed by atoms with Crippen molar-refractivity contribution in [2.75, 3.05) is 39.1 Å². The van der Waals surface area contributed by atoms with Gasteiger partial charge in [-0.2, -0.15) is 27.7 Å². The van der Waals surface area contributed by atoms with E-state index in [4.69, 9.17) is 37.4 Å². The van der Waals surface area contributed by atoms with Gasteiger partial charge in [0.25, 0.3) is 27.7 Å². The average molecular weight is 642 g/mol. The molecule has 1 N–H and O–H groups in total. The predicted octanol–water partition coefficient (Wildman–Crippen LogP) is 3.36. The molecule has 0 bridgehead atoms. The van der Waals surface area contributed by atoms with Gasteiger partial charge in [0, 0.05) is 19.3 Å². The van der Waals surface area contributed by atoms with E-state index in [-0.39, 0.29) is 23.4 Å². The number of carbonyl (C=O) groups excluding carboxylic acids is 1. The number of nitrogens with zero attached hydrogens (tertiary/aromatic N) is 6. The fourth-order valence-corrected chi connectivity index (χ4v) is 4.59. The summed E-state index contributed by atoms with van der Waals surface area (Å²) in [4.78, 5) is 21.8. The molecule has 0 spiro atoms. The third-order valence-electron chi connectivity index (χ3n) is 4.74. The smallest absolute Gasteiger partial charge is 0.418 e. The third kappa shape index (κ3) is 8.34. The highest BCUT2D eigenvalue weighted by Crippen LogP contribution is 2.38. The van der Waals surface area contributed by atoms with Gasteiger partial charge in [-0.25, -0.2) is 18.1 Å². The van der Waals surface area contributed by atoms with E-state index >= 15 is 0 Å². The van der Waals surface area contributed by atoms with E-state index < -0.39 is 43.3 Å². The standard InChI is InChI=1S/C14H13F3N6O5S.C8H11Cl2NO/c1-26-8-6-9(27-2)23-13(19-8)20-12(21-23)22-29(24,25)10-7(14(15,16)17)4-5-18-11(10)28-3;1-3-5-11(6-4-2)8(12)7(9)10/h4-6H,1-3H3,(H,21,22);3-4,7H,1-2,5-6H2. The first-order valence-corrected chi connectivity index (χ1v) is 13.4. The van der Waals surface area contributed by atoms with Crippen molar-refractivity contribution in [1.82, 2.24) is 29.5 Å². The molecule has 0 aliphatic heterocycles. The zero-order valence-electron chi connectivity index (χ0n) is 21.7. The first-order valence-electron chi connectivity index (χ1n) is 11.0. The van der Waals surface area contributed by atoms with Crippen molar-refractivity contribution in [2.45, 2.75) is 15.9 Å². The number of anilines is 1. The molecule has 0 saturated heterocycles. The maximum Gasteiger partial charge on any atom is 0.418 e.